The van der Waals surface area contributed by atoms with Gasteiger partial charge in [0, 0.05) is 25.3 Å². The maximum atomic E-state index is 14.4. The molecule has 192 valence electrons. The smallest absolute Gasteiger partial charge is 0.324 e. The third-order valence-electron chi connectivity index (χ3n) is 6.21. The molecule has 4 aromatic heterocycles. The standard InChI is InChI=1S/C22H26FN7O4S2/c1-12(2)19-26-20(34-28-19)29-9-7-14(8-10-29)13(3)33-22-27-30-11-16(24-21(30)35-22)15-5-6-17(25-18(15)23)36(4,31)32/h5-6,11-14H,7-10H2,1-4H3/t13-/m1/s1. The Morgan fingerprint density at radius 1 is 1.17 bits per heavy atom. The summed E-state index contributed by atoms with van der Waals surface area (Å²) in [5.41, 5.74) is 0.414. The van der Waals surface area contributed by atoms with Crippen LogP contribution < -0.4 is 9.64 Å². The van der Waals surface area contributed by atoms with Crippen molar-refractivity contribution in [2.75, 3.05) is 24.2 Å². The molecule has 0 spiro atoms. The lowest BCUT2D eigenvalue weighted by molar-refractivity contribution is 0.130. The number of fused-ring (bicyclic) bond motifs is 1. The second-order valence-corrected chi connectivity index (χ2v) is 12.1. The number of anilines is 1. The highest BCUT2D eigenvalue weighted by molar-refractivity contribution is 7.90. The summed E-state index contributed by atoms with van der Waals surface area (Å²) < 4.78 is 50.7. The molecule has 0 aromatic carbocycles. The van der Waals surface area contributed by atoms with Crippen molar-refractivity contribution in [2.24, 2.45) is 5.92 Å². The molecule has 1 atom stereocenters. The van der Waals surface area contributed by atoms with Crippen LogP contribution in [0.2, 0.25) is 0 Å². The summed E-state index contributed by atoms with van der Waals surface area (Å²) >= 11 is 1.26. The van der Waals surface area contributed by atoms with Crippen LogP contribution in [0, 0.1) is 11.9 Å². The van der Waals surface area contributed by atoms with Crippen LogP contribution in [0.1, 0.15) is 45.4 Å². The van der Waals surface area contributed by atoms with Crippen molar-refractivity contribution in [1.29, 1.82) is 0 Å². The average molecular weight is 536 g/mol. The molecule has 0 N–H and O–H groups in total. The minimum atomic E-state index is -3.60. The first kappa shape index (κ1) is 24.6. The molecule has 11 nitrogen and oxygen atoms in total. The van der Waals surface area contributed by atoms with E-state index in [1.54, 1.807) is 6.20 Å². The molecule has 5 rings (SSSR count). The molecule has 14 heteroatoms. The number of hydrogen-bond donors (Lipinski definition) is 0. The average Bonchev–Trinajstić information content (AvgIpc) is 3.54. The summed E-state index contributed by atoms with van der Waals surface area (Å²) in [6.07, 6.45) is 4.33. The van der Waals surface area contributed by atoms with E-state index in [1.807, 2.05) is 20.8 Å². The number of pyridine rings is 1. The largest absolute Gasteiger partial charge is 0.466 e. The highest BCUT2D eigenvalue weighted by Crippen LogP contribution is 2.31. The van der Waals surface area contributed by atoms with Gasteiger partial charge in [-0.2, -0.15) is 9.37 Å². The normalized spacial score (nSPS) is 16.2. The number of piperidine rings is 1. The van der Waals surface area contributed by atoms with E-state index in [1.165, 1.54) is 28.0 Å². The Morgan fingerprint density at radius 3 is 2.53 bits per heavy atom. The summed E-state index contributed by atoms with van der Waals surface area (Å²) in [6, 6.07) is 3.19. The summed E-state index contributed by atoms with van der Waals surface area (Å²) in [6.45, 7) is 7.71. The van der Waals surface area contributed by atoms with Crippen molar-refractivity contribution in [1.82, 2.24) is 29.7 Å². The van der Waals surface area contributed by atoms with Crippen LogP contribution in [0.4, 0.5) is 10.4 Å². The van der Waals surface area contributed by atoms with Crippen molar-refractivity contribution >= 4 is 32.1 Å². The zero-order valence-electron chi connectivity index (χ0n) is 20.3. The zero-order chi connectivity index (χ0) is 25.6. The van der Waals surface area contributed by atoms with Gasteiger partial charge in [0.2, 0.25) is 10.9 Å². The fourth-order valence-electron chi connectivity index (χ4n) is 4.08. The molecule has 4 aromatic rings. The summed E-state index contributed by atoms with van der Waals surface area (Å²) in [7, 11) is -3.60. The Labute approximate surface area is 211 Å². The zero-order valence-corrected chi connectivity index (χ0v) is 21.9. The molecule has 5 heterocycles. The van der Waals surface area contributed by atoms with E-state index >= 15 is 0 Å². The third-order valence-corrected chi connectivity index (χ3v) is 8.01. The number of sulfone groups is 1. The molecule has 0 aliphatic carbocycles. The molecule has 1 aliphatic heterocycles. The van der Waals surface area contributed by atoms with Crippen LogP contribution >= 0.6 is 11.3 Å². The first-order valence-electron chi connectivity index (χ1n) is 11.6. The quantitative estimate of drug-likeness (QED) is 0.324. The molecule has 1 saturated heterocycles. The molecule has 0 amide bonds. The molecule has 0 unspecified atom stereocenters. The Bertz CT molecular complexity index is 1460. The predicted molar refractivity (Wildman–Crippen MR) is 131 cm³/mol. The molecule has 0 saturated carbocycles. The summed E-state index contributed by atoms with van der Waals surface area (Å²) in [5.74, 6) is 0.376. The minimum Gasteiger partial charge on any atom is -0.466 e. The van der Waals surface area contributed by atoms with Gasteiger partial charge in [-0.1, -0.05) is 19.0 Å². The highest BCUT2D eigenvalue weighted by Gasteiger charge is 2.28. The number of aromatic nitrogens is 6. The van der Waals surface area contributed by atoms with Crippen LogP contribution in [-0.2, 0) is 9.84 Å². The lowest BCUT2D eigenvalue weighted by atomic mass is 9.92. The lowest BCUT2D eigenvalue weighted by Crippen LogP contribution is -2.38. The monoisotopic (exact) mass is 535 g/mol. The van der Waals surface area contributed by atoms with Gasteiger partial charge in [-0.25, -0.2) is 22.9 Å². The predicted octanol–water partition coefficient (Wildman–Crippen LogP) is 3.59. The molecule has 1 aliphatic rings. The maximum absolute atomic E-state index is 14.4. The SMILES string of the molecule is CC(C)c1noc(N2CCC([C@@H](C)Oc3nn4cc(-c5ccc(S(C)(=O)=O)nc5F)nc4s3)CC2)n1. The fourth-order valence-corrected chi connectivity index (χ4v) is 5.46. The number of halogens is 1. The first-order chi connectivity index (χ1) is 17.1. The second kappa shape index (κ2) is 9.39. The Morgan fingerprint density at radius 2 is 1.92 bits per heavy atom. The topological polar surface area (TPSA) is 129 Å². The highest BCUT2D eigenvalue weighted by atomic mass is 32.2. The van der Waals surface area contributed by atoms with Crippen LogP contribution in [0.15, 0.2) is 27.9 Å². The summed E-state index contributed by atoms with van der Waals surface area (Å²) in [5, 5.41) is 8.63. The van der Waals surface area contributed by atoms with E-state index in [4.69, 9.17) is 9.26 Å². The Hall–Kier alpha value is -3.13. The second-order valence-electron chi connectivity index (χ2n) is 9.22. The molecule has 36 heavy (non-hydrogen) atoms. The summed E-state index contributed by atoms with van der Waals surface area (Å²) in [4.78, 5) is 15.1. The molecule has 0 radical (unpaired) electrons. The van der Waals surface area contributed by atoms with Crippen LogP contribution in [-0.4, -0.2) is 63.6 Å². The van der Waals surface area contributed by atoms with Crippen LogP contribution in [0.5, 0.6) is 5.19 Å². The molecular weight excluding hydrogens is 509 g/mol. The van der Waals surface area contributed by atoms with Crippen molar-refractivity contribution in [3.63, 3.8) is 0 Å². The van der Waals surface area contributed by atoms with Crippen LogP contribution in [0.3, 0.4) is 0 Å². The van der Waals surface area contributed by atoms with Gasteiger partial charge in [0.1, 0.15) is 6.10 Å². The Kier molecular flexibility index (Phi) is 6.41. The Balaban J connectivity index is 1.22. The maximum Gasteiger partial charge on any atom is 0.324 e. The number of rotatable bonds is 7. The number of ether oxygens (including phenoxy) is 1. The van der Waals surface area contributed by atoms with E-state index in [-0.39, 0.29) is 22.6 Å². The van der Waals surface area contributed by atoms with Gasteiger partial charge in [0.15, 0.2) is 20.7 Å². The van der Waals surface area contributed by atoms with E-state index < -0.39 is 15.8 Å². The lowest BCUT2D eigenvalue weighted by Gasteiger charge is -2.33. The van der Waals surface area contributed by atoms with E-state index in [0.29, 0.717) is 33.6 Å². The minimum absolute atomic E-state index is 0.0541. The van der Waals surface area contributed by atoms with Crippen molar-refractivity contribution in [3.05, 3.63) is 30.1 Å². The van der Waals surface area contributed by atoms with E-state index in [0.717, 1.165) is 32.2 Å². The number of nitrogens with zero attached hydrogens (tertiary/aromatic N) is 7. The van der Waals surface area contributed by atoms with Gasteiger partial charge in [0.05, 0.1) is 17.5 Å². The van der Waals surface area contributed by atoms with Gasteiger partial charge in [-0.3, -0.25) is 0 Å². The van der Waals surface area contributed by atoms with Gasteiger partial charge < -0.3 is 14.2 Å². The van der Waals surface area contributed by atoms with Gasteiger partial charge in [-0.15, -0.1) is 5.10 Å². The number of imidazole rings is 1. The third kappa shape index (κ3) is 4.91. The van der Waals surface area contributed by atoms with Crippen LogP contribution in [0.25, 0.3) is 16.2 Å². The molecular formula is C22H26FN7O4S2. The van der Waals surface area contributed by atoms with Gasteiger partial charge in [-0.05, 0) is 49.2 Å². The first-order valence-corrected chi connectivity index (χ1v) is 14.3. The molecule has 0 bridgehead atoms. The fraction of sp³-hybridized carbons (Fsp3) is 0.500. The van der Waals surface area contributed by atoms with Crippen molar-refractivity contribution in [2.45, 2.75) is 50.7 Å². The van der Waals surface area contributed by atoms with Gasteiger partial charge in [0.25, 0.3) is 5.19 Å². The molecule has 1 fully saturated rings. The van der Waals surface area contributed by atoms with E-state index in [9.17, 15) is 12.8 Å². The van der Waals surface area contributed by atoms with Gasteiger partial charge >= 0.3 is 6.01 Å². The number of hydrogen-bond acceptors (Lipinski definition) is 11. The van der Waals surface area contributed by atoms with E-state index in [2.05, 4.69) is 30.1 Å². The van der Waals surface area contributed by atoms with Crippen molar-refractivity contribution in [3.8, 4) is 16.5 Å². The van der Waals surface area contributed by atoms with Crippen molar-refractivity contribution < 1.29 is 22.1 Å².